The average Bonchev–Trinajstić information content (AvgIpc) is 3.05. The second kappa shape index (κ2) is 5.23. The molecule has 1 aliphatic rings. The van der Waals surface area contributed by atoms with E-state index in [1.807, 2.05) is 13.8 Å². The molecule has 1 aromatic carbocycles. The summed E-state index contributed by atoms with van der Waals surface area (Å²) in [6.45, 7) is 3.85. The molecule has 1 saturated carbocycles. The van der Waals surface area contributed by atoms with Crippen LogP contribution in [0.5, 0.6) is 0 Å². The van der Waals surface area contributed by atoms with Gasteiger partial charge in [0.15, 0.2) is 0 Å². The minimum atomic E-state index is -3.46. The maximum Gasteiger partial charge on any atom is 0.241 e. The van der Waals surface area contributed by atoms with Crippen LogP contribution < -0.4 is 4.72 Å². The predicted molar refractivity (Wildman–Crippen MR) is 79.1 cm³/mol. The first-order chi connectivity index (χ1) is 8.31. The summed E-state index contributed by atoms with van der Waals surface area (Å²) in [5.74, 6) is 0.493. The molecule has 1 aliphatic carbocycles. The van der Waals surface area contributed by atoms with Crippen molar-refractivity contribution < 1.29 is 8.42 Å². The molecular weight excluding hydrogens is 382 g/mol. The lowest BCUT2D eigenvalue weighted by atomic mass is 10.2. The first-order valence-electron chi connectivity index (χ1n) is 5.79. The van der Waals surface area contributed by atoms with Crippen molar-refractivity contribution >= 4 is 41.9 Å². The summed E-state index contributed by atoms with van der Waals surface area (Å²) < 4.78 is 28.7. The molecule has 1 N–H and O–H groups in total. The van der Waals surface area contributed by atoms with Gasteiger partial charge in [0.2, 0.25) is 10.0 Å². The fourth-order valence-corrected chi connectivity index (χ4v) is 4.82. The van der Waals surface area contributed by atoms with E-state index in [4.69, 9.17) is 0 Å². The van der Waals surface area contributed by atoms with Crippen LogP contribution in [0, 0.1) is 12.8 Å². The summed E-state index contributed by atoms with van der Waals surface area (Å²) in [6.07, 6.45) is 2.23. The predicted octanol–water partition coefficient (Wildman–Crippen LogP) is 3.60. The number of hydrogen-bond acceptors (Lipinski definition) is 2. The molecule has 0 amide bonds. The molecule has 0 saturated heterocycles. The van der Waals surface area contributed by atoms with Crippen molar-refractivity contribution in [3.05, 3.63) is 26.6 Å². The summed E-state index contributed by atoms with van der Waals surface area (Å²) in [5, 5.41) is 0. The Morgan fingerprint density at radius 1 is 1.28 bits per heavy atom. The molecule has 1 atom stereocenters. The van der Waals surface area contributed by atoms with Crippen LogP contribution in [-0.2, 0) is 10.0 Å². The number of sulfonamides is 1. The third-order valence-corrected chi connectivity index (χ3v) is 6.54. The highest BCUT2D eigenvalue weighted by Crippen LogP contribution is 2.34. The smallest absolute Gasteiger partial charge is 0.208 e. The monoisotopic (exact) mass is 395 g/mol. The van der Waals surface area contributed by atoms with Crippen LogP contribution in [0.15, 0.2) is 26.0 Å². The van der Waals surface area contributed by atoms with E-state index in [-0.39, 0.29) is 10.9 Å². The largest absolute Gasteiger partial charge is 0.241 e. The number of benzene rings is 1. The number of rotatable bonds is 4. The Morgan fingerprint density at radius 2 is 1.89 bits per heavy atom. The highest BCUT2D eigenvalue weighted by molar-refractivity contribution is 9.11. The highest BCUT2D eigenvalue weighted by Gasteiger charge is 2.31. The Morgan fingerprint density at radius 3 is 2.44 bits per heavy atom. The Bertz CT molecular complexity index is 568. The van der Waals surface area contributed by atoms with Crippen molar-refractivity contribution in [2.45, 2.75) is 37.6 Å². The molecule has 0 radical (unpaired) electrons. The van der Waals surface area contributed by atoms with E-state index in [0.717, 1.165) is 22.9 Å². The van der Waals surface area contributed by atoms with Crippen molar-refractivity contribution in [2.75, 3.05) is 0 Å². The van der Waals surface area contributed by atoms with Gasteiger partial charge >= 0.3 is 0 Å². The van der Waals surface area contributed by atoms with Gasteiger partial charge in [-0.15, -0.1) is 0 Å². The van der Waals surface area contributed by atoms with Crippen molar-refractivity contribution in [1.29, 1.82) is 0 Å². The quantitative estimate of drug-likeness (QED) is 0.844. The molecule has 1 unspecified atom stereocenters. The van der Waals surface area contributed by atoms with Gasteiger partial charge in [0, 0.05) is 15.0 Å². The lowest BCUT2D eigenvalue weighted by Gasteiger charge is -2.15. The average molecular weight is 397 g/mol. The lowest BCUT2D eigenvalue weighted by Crippen LogP contribution is -2.34. The number of aryl methyl sites for hydroxylation is 1. The van der Waals surface area contributed by atoms with Crippen LogP contribution in [0.25, 0.3) is 0 Å². The Balaban J connectivity index is 2.31. The highest BCUT2D eigenvalue weighted by atomic mass is 79.9. The second-order valence-corrected chi connectivity index (χ2v) is 8.17. The van der Waals surface area contributed by atoms with Gasteiger partial charge in [0.05, 0.1) is 4.90 Å². The summed E-state index contributed by atoms with van der Waals surface area (Å²) in [6, 6.07) is 3.45. The summed E-state index contributed by atoms with van der Waals surface area (Å²) >= 11 is 6.69. The van der Waals surface area contributed by atoms with Gasteiger partial charge in [-0.25, -0.2) is 13.1 Å². The molecular formula is C12H15Br2NO2S. The van der Waals surface area contributed by atoms with Crippen molar-refractivity contribution in [3.63, 3.8) is 0 Å². The van der Waals surface area contributed by atoms with E-state index in [0.29, 0.717) is 10.4 Å². The van der Waals surface area contributed by atoms with Crippen LogP contribution in [0.2, 0.25) is 0 Å². The van der Waals surface area contributed by atoms with E-state index < -0.39 is 10.0 Å². The molecule has 0 aliphatic heterocycles. The van der Waals surface area contributed by atoms with Gasteiger partial charge in [-0.1, -0.05) is 15.9 Å². The van der Waals surface area contributed by atoms with Crippen molar-refractivity contribution in [1.82, 2.24) is 4.72 Å². The zero-order chi connectivity index (χ0) is 13.5. The van der Waals surface area contributed by atoms with E-state index >= 15 is 0 Å². The minimum absolute atomic E-state index is 0.00183. The molecule has 18 heavy (non-hydrogen) atoms. The Hall–Kier alpha value is 0.0900. The van der Waals surface area contributed by atoms with Crippen molar-refractivity contribution in [3.8, 4) is 0 Å². The fraction of sp³-hybridized carbons (Fsp3) is 0.500. The van der Waals surface area contributed by atoms with Gasteiger partial charge < -0.3 is 0 Å². The third kappa shape index (κ3) is 3.15. The molecule has 0 spiro atoms. The first-order valence-corrected chi connectivity index (χ1v) is 8.86. The second-order valence-electron chi connectivity index (χ2n) is 4.78. The van der Waals surface area contributed by atoms with E-state index in [9.17, 15) is 8.42 Å². The maximum atomic E-state index is 12.3. The first kappa shape index (κ1) is 14.5. The molecule has 1 aromatic rings. The number of nitrogens with one attached hydrogen (secondary N) is 1. The van der Waals surface area contributed by atoms with Gasteiger partial charge in [0.25, 0.3) is 0 Å². The summed E-state index contributed by atoms with van der Waals surface area (Å²) in [7, 11) is -3.46. The van der Waals surface area contributed by atoms with E-state index in [1.54, 1.807) is 12.1 Å². The van der Waals surface area contributed by atoms with Crippen LogP contribution in [-0.4, -0.2) is 14.5 Å². The lowest BCUT2D eigenvalue weighted by molar-refractivity contribution is 0.537. The van der Waals surface area contributed by atoms with Gasteiger partial charge in [0.1, 0.15) is 0 Å². The molecule has 0 bridgehead atoms. The van der Waals surface area contributed by atoms with Gasteiger partial charge in [-0.05, 0) is 66.2 Å². The Kier molecular flexibility index (Phi) is 4.21. The van der Waals surface area contributed by atoms with Crippen molar-refractivity contribution in [2.24, 2.45) is 5.92 Å². The SMILES string of the molecule is Cc1cc(Br)c(S(=O)(=O)NC(C)C2CC2)cc1Br. The number of hydrogen-bond donors (Lipinski definition) is 1. The van der Waals surface area contributed by atoms with E-state index in [2.05, 4.69) is 36.6 Å². The van der Waals surface area contributed by atoms with Gasteiger partial charge in [-0.2, -0.15) is 0 Å². The summed E-state index contributed by atoms with van der Waals surface area (Å²) in [5.41, 5.74) is 0.996. The third-order valence-electron chi connectivity index (χ3n) is 3.17. The zero-order valence-corrected chi connectivity index (χ0v) is 14.2. The minimum Gasteiger partial charge on any atom is -0.208 e. The fourth-order valence-electron chi connectivity index (χ4n) is 1.83. The van der Waals surface area contributed by atoms with Crippen LogP contribution in [0.1, 0.15) is 25.3 Å². The zero-order valence-electron chi connectivity index (χ0n) is 10.2. The van der Waals surface area contributed by atoms with E-state index in [1.165, 1.54) is 0 Å². The maximum absolute atomic E-state index is 12.3. The van der Waals surface area contributed by atoms with Gasteiger partial charge in [-0.3, -0.25) is 0 Å². The summed E-state index contributed by atoms with van der Waals surface area (Å²) in [4.78, 5) is 0.285. The van der Waals surface area contributed by atoms with Crippen LogP contribution in [0.4, 0.5) is 0 Å². The topological polar surface area (TPSA) is 46.2 Å². The normalized spacial score (nSPS) is 17.8. The Labute approximate surface area is 125 Å². The molecule has 0 heterocycles. The molecule has 1 fully saturated rings. The van der Waals surface area contributed by atoms with Crippen LogP contribution >= 0.6 is 31.9 Å². The van der Waals surface area contributed by atoms with Crippen LogP contribution in [0.3, 0.4) is 0 Å². The standard InChI is InChI=1S/C12H15Br2NO2S/c1-7-5-11(14)12(6-10(7)13)18(16,17)15-8(2)9-3-4-9/h5-6,8-9,15H,3-4H2,1-2H3. The molecule has 6 heteroatoms. The molecule has 3 nitrogen and oxygen atoms in total. The molecule has 2 rings (SSSR count). The number of halogens is 2. The molecule has 0 aromatic heterocycles. The molecule has 100 valence electrons.